The predicted molar refractivity (Wildman–Crippen MR) is 85.4 cm³/mol. The van der Waals surface area contributed by atoms with Crippen molar-refractivity contribution >= 4 is 11.6 Å². The molecule has 26 heavy (non-hydrogen) atoms. The van der Waals surface area contributed by atoms with Crippen LogP contribution in [0.5, 0.6) is 5.75 Å². The number of halogens is 3. The van der Waals surface area contributed by atoms with Crippen molar-refractivity contribution in [1.82, 2.24) is 9.99 Å². The number of methoxy groups -OCH3 is 1. The molecule has 1 amide bonds. The van der Waals surface area contributed by atoms with Gasteiger partial charge in [0.05, 0.1) is 13.5 Å². The number of aromatic nitrogens is 1. The summed E-state index contributed by atoms with van der Waals surface area (Å²) in [6.07, 6.45) is -3.03. The maximum Gasteiger partial charge on any atom is 0.431 e. The Kier molecular flexibility index (Phi) is 4.41. The van der Waals surface area contributed by atoms with Gasteiger partial charge >= 0.3 is 6.18 Å². The predicted octanol–water partition coefficient (Wildman–Crippen LogP) is 2.70. The zero-order chi connectivity index (χ0) is 18.9. The molecule has 6 nitrogen and oxygen atoms in total. The zero-order valence-corrected chi connectivity index (χ0v) is 13.6. The first-order chi connectivity index (χ1) is 12.3. The van der Waals surface area contributed by atoms with Crippen molar-refractivity contribution in [1.29, 1.82) is 0 Å². The summed E-state index contributed by atoms with van der Waals surface area (Å²) in [5.41, 5.74) is -3.41. The van der Waals surface area contributed by atoms with E-state index in [1.54, 1.807) is 6.07 Å². The molecule has 1 atom stereocenters. The number of aliphatic hydroxyl groups is 1. The van der Waals surface area contributed by atoms with Crippen LogP contribution in [-0.4, -0.2) is 40.0 Å². The Hall–Kier alpha value is -2.94. The molecule has 3 rings (SSSR count). The average Bonchev–Trinajstić information content (AvgIpc) is 3.01. The van der Waals surface area contributed by atoms with Crippen molar-refractivity contribution in [3.05, 3.63) is 59.9 Å². The number of hydrogen-bond donors (Lipinski definition) is 1. The molecule has 1 N–H and O–H groups in total. The topological polar surface area (TPSA) is 75.0 Å². The summed E-state index contributed by atoms with van der Waals surface area (Å²) in [5, 5.41) is 14.8. The molecule has 9 heteroatoms. The van der Waals surface area contributed by atoms with Crippen LogP contribution < -0.4 is 4.74 Å². The van der Waals surface area contributed by atoms with Crippen LogP contribution in [0.15, 0.2) is 53.9 Å². The first-order valence-electron chi connectivity index (χ1n) is 7.52. The quantitative estimate of drug-likeness (QED) is 0.908. The van der Waals surface area contributed by atoms with Gasteiger partial charge in [0.25, 0.3) is 5.91 Å². The van der Waals surface area contributed by atoms with Crippen LogP contribution in [0.25, 0.3) is 0 Å². The molecule has 0 unspecified atom stereocenters. The number of hydrazone groups is 1. The molecule has 0 radical (unpaired) electrons. The summed E-state index contributed by atoms with van der Waals surface area (Å²) >= 11 is 0. The molecule has 1 aliphatic rings. The Morgan fingerprint density at radius 1 is 1.27 bits per heavy atom. The van der Waals surface area contributed by atoms with Crippen LogP contribution in [0.2, 0.25) is 0 Å². The smallest absolute Gasteiger partial charge is 0.431 e. The van der Waals surface area contributed by atoms with Gasteiger partial charge in [-0.05, 0) is 30.3 Å². The summed E-state index contributed by atoms with van der Waals surface area (Å²) in [5.74, 6) is -0.537. The van der Waals surface area contributed by atoms with Crippen molar-refractivity contribution in [3.63, 3.8) is 0 Å². The van der Waals surface area contributed by atoms with Gasteiger partial charge in [-0.15, -0.1) is 0 Å². The Morgan fingerprint density at radius 2 is 1.96 bits per heavy atom. The van der Waals surface area contributed by atoms with Crippen LogP contribution >= 0.6 is 0 Å². The first kappa shape index (κ1) is 17.9. The van der Waals surface area contributed by atoms with E-state index in [1.165, 1.54) is 49.8 Å². The number of benzene rings is 1. The van der Waals surface area contributed by atoms with Crippen LogP contribution in [0.3, 0.4) is 0 Å². The molecular weight excluding hydrogens is 351 g/mol. The van der Waals surface area contributed by atoms with Crippen LogP contribution in [-0.2, 0) is 5.72 Å². The number of nitrogens with zero attached hydrogens (tertiary/aromatic N) is 3. The van der Waals surface area contributed by atoms with E-state index in [2.05, 4.69) is 10.1 Å². The Labute approximate surface area is 146 Å². The molecule has 0 saturated carbocycles. The SMILES string of the molecule is COc1cccc(C(=O)N2N=C(C(F)(F)F)C[C@@]2(O)c2ccncc2)c1. The minimum Gasteiger partial charge on any atom is -0.497 e. The highest BCUT2D eigenvalue weighted by Crippen LogP contribution is 2.40. The van der Waals surface area contributed by atoms with Crippen molar-refractivity contribution in [2.24, 2.45) is 5.10 Å². The normalized spacial score (nSPS) is 20.0. The molecule has 1 aromatic carbocycles. The van der Waals surface area contributed by atoms with E-state index in [1.807, 2.05) is 0 Å². The minimum absolute atomic E-state index is 0.0315. The maximum atomic E-state index is 13.2. The van der Waals surface area contributed by atoms with E-state index in [4.69, 9.17) is 4.74 Å². The van der Waals surface area contributed by atoms with Crippen molar-refractivity contribution in [2.45, 2.75) is 18.3 Å². The number of alkyl halides is 3. The highest BCUT2D eigenvalue weighted by atomic mass is 19.4. The van der Waals surface area contributed by atoms with E-state index in [9.17, 15) is 23.1 Å². The Bertz CT molecular complexity index is 855. The van der Waals surface area contributed by atoms with Crippen LogP contribution in [0, 0.1) is 0 Å². The molecule has 0 spiro atoms. The number of rotatable bonds is 3. The highest BCUT2D eigenvalue weighted by molar-refractivity contribution is 6.00. The van der Waals surface area contributed by atoms with Gasteiger partial charge in [-0.1, -0.05) is 6.07 Å². The molecule has 0 saturated heterocycles. The molecular formula is C17H14F3N3O3. The molecule has 2 aromatic rings. The second kappa shape index (κ2) is 6.41. The standard InChI is InChI=1S/C17H14F3N3O3/c1-26-13-4-2-3-11(9-13)15(24)23-16(25,12-5-7-21-8-6-12)10-14(22-23)17(18,19)20/h2-9,25H,10H2,1H3/t16-/m1/s1. The average molecular weight is 365 g/mol. The van der Waals surface area contributed by atoms with Gasteiger partial charge in [0, 0.05) is 23.5 Å². The van der Waals surface area contributed by atoms with Crippen LogP contribution in [0.4, 0.5) is 13.2 Å². The van der Waals surface area contributed by atoms with E-state index in [0.29, 0.717) is 10.8 Å². The maximum absolute atomic E-state index is 13.2. The van der Waals surface area contributed by atoms with Gasteiger partial charge in [-0.25, -0.2) is 0 Å². The van der Waals surface area contributed by atoms with Crippen molar-refractivity contribution in [2.75, 3.05) is 7.11 Å². The monoisotopic (exact) mass is 365 g/mol. The fraction of sp³-hybridized carbons (Fsp3) is 0.235. The van der Waals surface area contributed by atoms with Gasteiger partial charge in [0.1, 0.15) is 11.5 Å². The minimum atomic E-state index is -4.77. The largest absolute Gasteiger partial charge is 0.497 e. The molecule has 0 aliphatic carbocycles. The van der Waals surface area contributed by atoms with Gasteiger partial charge in [0.15, 0.2) is 5.72 Å². The lowest BCUT2D eigenvalue weighted by Crippen LogP contribution is -2.43. The summed E-state index contributed by atoms with van der Waals surface area (Å²) in [4.78, 5) is 16.6. The number of hydrogen-bond acceptors (Lipinski definition) is 5. The highest BCUT2D eigenvalue weighted by Gasteiger charge is 2.53. The van der Waals surface area contributed by atoms with Crippen molar-refractivity contribution in [3.8, 4) is 5.75 Å². The number of carbonyl (C=O) groups is 1. The van der Waals surface area contributed by atoms with Gasteiger partial charge in [-0.2, -0.15) is 23.3 Å². The Balaban J connectivity index is 2.07. The van der Waals surface area contributed by atoms with Gasteiger partial charge in [-0.3, -0.25) is 9.78 Å². The number of ether oxygens (including phenoxy) is 1. The summed E-state index contributed by atoms with van der Waals surface area (Å²) in [6, 6.07) is 8.53. The second-order valence-corrected chi connectivity index (χ2v) is 5.62. The number of pyridine rings is 1. The number of amides is 1. The molecule has 0 bridgehead atoms. The zero-order valence-electron chi connectivity index (χ0n) is 13.6. The second-order valence-electron chi connectivity index (χ2n) is 5.62. The third-order valence-electron chi connectivity index (χ3n) is 3.96. The summed E-state index contributed by atoms with van der Waals surface area (Å²) in [7, 11) is 1.40. The lowest BCUT2D eigenvalue weighted by Gasteiger charge is -2.31. The molecule has 2 heterocycles. The van der Waals surface area contributed by atoms with E-state index in [-0.39, 0.29) is 11.1 Å². The molecule has 0 fully saturated rings. The van der Waals surface area contributed by atoms with E-state index >= 15 is 0 Å². The van der Waals surface area contributed by atoms with Gasteiger partial charge in [0.2, 0.25) is 0 Å². The fourth-order valence-electron chi connectivity index (χ4n) is 2.64. The van der Waals surface area contributed by atoms with E-state index < -0.39 is 29.9 Å². The molecule has 1 aromatic heterocycles. The lowest BCUT2D eigenvalue weighted by atomic mass is 9.97. The van der Waals surface area contributed by atoms with Crippen molar-refractivity contribution < 1.29 is 27.8 Å². The first-order valence-corrected chi connectivity index (χ1v) is 7.52. The van der Waals surface area contributed by atoms with E-state index in [0.717, 1.165) is 0 Å². The third kappa shape index (κ3) is 3.13. The summed E-state index contributed by atoms with van der Waals surface area (Å²) in [6.45, 7) is 0. The summed E-state index contributed by atoms with van der Waals surface area (Å²) < 4.78 is 44.5. The fourth-order valence-corrected chi connectivity index (χ4v) is 2.64. The lowest BCUT2D eigenvalue weighted by molar-refractivity contribution is -0.0816. The Morgan fingerprint density at radius 3 is 2.58 bits per heavy atom. The third-order valence-corrected chi connectivity index (χ3v) is 3.96. The molecule has 136 valence electrons. The van der Waals surface area contributed by atoms with Crippen LogP contribution in [0.1, 0.15) is 22.3 Å². The molecule has 1 aliphatic heterocycles. The number of carbonyl (C=O) groups excluding carboxylic acids is 1. The van der Waals surface area contributed by atoms with Gasteiger partial charge < -0.3 is 9.84 Å².